The first-order valence-electron chi connectivity index (χ1n) is 5.19. The number of amides is 3. The zero-order valence-corrected chi connectivity index (χ0v) is 9.64. The predicted octanol–water partition coefficient (Wildman–Crippen LogP) is 0.466. The van der Waals surface area contributed by atoms with Gasteiger partial charge < -0.3 is 22.1 Å². The summed E-state index contributed by atoms with van der Waals surface area (Å²) < 4.78 is 0. The molecule has 0 saturated carbocycles. The van der Waals surface area contributed by atoms with Crippen molar-refractivity contribution in [3.8, 4) is 12.3 Å². The van der Waals surface area contributed by atoms with Crippen LogP contribution < -0.4 is 22.1 Å². The van der Waals surface area contributed by atoms with Crippen LogP contribution in [-0.2, 0) is 4.79 Å². The zero-order chi connectivity index (χ0) is 13.5. The van der Waals surface area contributed by atoms with E-state index in [-0.39, 0.29) is 12.3 Å². The number of urea groups is 1. The summed E-state index contributed by atoms with van der Waals surface area (Å²) in [5.41, 5.74) is 11.5. The van der Waals surface area contributed by atoms with Crippen LogP contribution in [0.4, 0.5) is 16.2 Å². The molecule has 0 saturated heterocycles. The fourth-order valence-corrected chi connectivity index (χ4v) is 1.27. The fourth-order valence-electron chi connectivity index (χ4n) is 1.27. The number of terminal acetylenes is 1. The van der Waals surface area contributed by atoms with Gasteiger partial charge in [0.25, 0.3) is 0 Å². The third kappa shape index (κ3) is 4.15. The second kappa shape index (κ2) is 6.27. The van der Waals surface area contributed by atoms with Crippen LogP contribution in [0.1, 0.15) is 6.42 Å². The average molecular weight is 246 g/mol. The van der Waals surface area contributed by atoms with Gasteiger partial charge in [-0.1, -0.05) is 6.07 Å². The Balaban J connectivity index is 2.70. The van der Waals surface area contributed by atoms with Gasteiger partial charge in [0.05, 0.1) is 6.04 Å². The van der Waals surface area contributed by atoms with Gasteiger partial charge in [0.2, 0.25) is 5.91 Å². The molecule has 0 aromatic heterocycles. The van der Waals surface area contributed by atoms with E-state index < -0.39 is 12.1 Å². The number of anilines is 2. The SMILES string of the molecule is C#CCC(N)C(=O)Nc1cccc(NC(N)=O)c1. The molecule has 6 N–H and O–H groups in total. The number of hydrogen-bond acceptors (Lipinski definition) is 3. The molecule has 1 aromatic rings. The fraction of sp³-hybridized carbons (Fsp3) is 0.167. The lowest BCUT2D eigenvalue weighted by molar-refractivity contribution is -0.117. The summed E-state index contributed by atoms with van der Waals surface area (Å²) in [6.45, 7) is 0. The molecular weight excluding hydrogens is 232 g/mol. The summed E-state index contributed by atoms with van der Waals surface area (Å²) in [7, 11) is 0. The second-order valence-electron chi connectivity index (χ2n) is 3.57. The molecule has 0 radical (unpaired) electrons. The Kier molecular flexibility index (Phi) is 4.72. The van der Waals surface area contributed by atoms with Crippen molar-refractivity contribution >= 4 is 23.3 Å². The Morgan fingerprint density at radius 1 is 1.33 bits per heavy atom. The Hall–Kier alpha value is -2.52. The molecule has 0 heterocycles. The van der Waals surface area contributed by atoms with Crippen molar-refractivity contribution in [3.63, 3.8) is 0 Å². The zero-order valence-electron chi connectivity index (χ0n) is 9.64. The van der Waals surface area contributed by atoms with Gasteiger partial charge in [-0.25, -0.2) is 4.79 Å². The molecule has 0 aliphatic rings. The molecule has 1 atom stereocenters. The Morgan fingerprint density at radius 3 is 2.50 bits per heavy atom. The van der Waals surface area contributed by atoms with E-state index >= 15 is 0 Å². The lowest BCUT2D eigenvalue weighted by Crippen LogP contribution is -2.35. The van der Waals surface area contributed by atoms with Crippen molar-refractivity contribution in [2.45, 2.75) is 12.5 Å². The van der Waals surface area contributed by atoms with Gasteiger partial charge in [0.1, 0.15) is 0 Å². The Morgan fingerprint density at radius 2 is 1.94 bits per heavy atom. The molecule has 0 aliphatic heterocycles. The molecule has 6 nitrogen and oxygen atoms in total. The first-order valence-corrected chi connectivity index (χ1v) is 5.19. The highest BCUT2D eigenvalue weighted by atomic mass is 16.2. The maximum Gasteiger partial charge on any atom is 0.316 e. The van der Waals surface area contributed by atoms with E-state index in [0.29, 0.717) is 11.4 Å². The van der Waals surface area contributed by atoms with Crippen LogP contribution in [0.5, 0.6) is 0 Å². The number of carbonyl (C=O) groups excluding carboxylic acids is 2. The van der Waals surface area contributed by atoms with Crippen LogP contribution in [-0.4, -0.2) is 18.0 Å². The number of nitrogens with one attached hydrogen (secondary N) is 2. The monoisotopic (exact) mass is 246 g/mol. The number of primary amides is 1. The highest BCUT2D eigenvalue weighted by Crippen LogP contribution is 2.15. The van der Waals surface area contributed by atoms with E-state index in [1.807, 2.05) is 0 Å². The van der Waals surface area contributed by atoms with Gasteiger partial charge in [-0.2, -0.15) is 0 Å². The molecule has 6 heteroatoms. The van der Waals surface area contributed by atoms with E-state index in [1.54, 1.807) is 24.3 Å². The molecule has 3 amide bonds. The molecular formula is C12H14N4O2. The predicted molar refractivity (Wildman–Crippen MR) is 69.7 cm³/mol. The van der Waals surface area contributed by atoms with Gasteiger partial charge in [-0.3, -0.25) is 4.79 Å². The summed E-state index contributed by atoms with van der Waals surface area (Å²) in [4.78, 5) is 22.3. The quantitative estimate of drug-likeness (QED) is 0.579. The third-order valence-corrected chi connectivity index (χ3v) is 2.07. The van der Waals surface area contributed by atoms with Crippen LogP contribution >= 0.6 is 0 Å². The molecule has 18 heavy (non-hydrogen) atoms. The summed E-state index contributed by atoms with van der Waals surface area (Å²) in [6.07, 6.45) is 5.23. The molecule has 1 aromatic carbocycles. The second-order valence-corrected chi connectivity index (χ2v) is 3.57. The van der Waals surface area contributed by atoms with Crippen LogP contribution in [0.3, 0.4) is 0 Å². The number of nitrogens with two attached hydrogens (primary N) is 2. The summed E-state index contributed by atoms with van der Waals surface area (Å²) in [5.74, 6) is 1.93. The van der Waals surface area contributed by atoms with E-state index in [4.69, 9.17) is 17.9 Å². The van der Waals surface area contributed by atoms with Crippen molar-refractivity contribution in [2.75, 3.05) is 10.6 Å². The third-order valence-electron chi connectivity index (χ3n) is 2.07. The van der Waals surface area contributed by atoms with Crippen LogP contribution in [0, 0.1) is 12.3 Å². The number of rotatable bonds is 4. The van der Waals surface area contributed by atoms with Crippen molar-refractivity contribution in [1.29, 1.82) is 0 Å². The minimum atomic E-state index is -0.761. The number of hydrogen-bond donors (Lipinski definition) is 4. The molecule has 94 valence electrons. The first kappa shape index (κ1) is 13.5. The summed E-state index contributed by atoms with van der Waals surface area (Å²) in [5, 5.41) is 4.99. The van der Waals surface area contributed by atoms with E-state index in [1.165, 1.54) is 0 Å². The topological polar surface area (TPSA) is 110 Å². The lowest BCUT2D eigenvalue weighted by Gasteiger charge is -2.10. The minimum absolute atomic E-state index is 0.158. The molecule has 0 bridgehead atoms. The summed E-state index contributed by atoms with van der Waals surface area (Å²) >= 11 is 0. The van der Waals surface area contributed by atoms with Gasteiger partial charge >= 0.3 is 6.03 Å². The van der Waals surface area contributed by atoms with Crippen molar-refractivity contribution in [1.82, 2.24) is 0 Å². The van der Waals surface area contributed by atoms with Crippen LogP contribution in [0.2, 0.25) is 0 Å². The molecule has 0 spiro atoms. The maximum atomic E-state index is 11.6. The highest BCUT2D eigenvalue weighted by molar-refractivity contribution is 5.96. The lowest BCUT2D eigenvalue weighted by atomic mass is 10.2. The van der Waals surface area contributed by atoms with Gasteiger partial charge in [0, 0.05) is 17.8 Å². The largest absolute Gasteiger partial charge is 0.351 e. The first-order chi connectivity index (χ1) is 8.52. The standard InChI is InChI=1S/C12H14N4O2/c1-2-4-10(13)11(17)15-8-5-3-6-9(7-8)16-12(14)18/h1,3,5-7,10H,4,13H2,(H,15,17)(H3,14,16,18). The number of benzene rings is 1. The van der Waals surface area contributed by atoms with Crippen molar-refractivity contribution in [3.05, 3.63) is 24.3 Å². The van der Waals surface area contributed by atoms with Gasteiger partial charge in [0.15, 0.2) is 0 Å². The smallest absolute Gasteiger partial charge is 0.316 e. The van der Waals surface area contributed by atoms with E-state index in [0.717, 1.165) is 0 Å². The van der Waals surface area contributed by atoms with Gasteiger partial charge in [-0.05, 0) is 18.2 Å². The van der Waals surface area contributed by atoms with Crippen LogP contribution in [0.25, 0.3) is 0 Å². The van der Waals surface area contributed by atoms with Crippen LogP contribution in [0.15, 0.2) is 24.3 Å². The molecule has 1 rings (SSSR count). The van der Waals surface area contributed by atoms with E-state index in [9.17, 15) is 9.59 Å². The van der Waals surface area contributed by atoms with E-state index in [2.05, 4.69) is 16.6 Å². The Labute approximate surface area is 105 Å². The Bertz CT molecular complexity index is 493. The summed E-state index contributed by atoms with van der Waals surface area (Å²) in [6, 6.07) is 5.08. The maximum absolute atomic E-state index is 11.6. The van der Waals surface area contributed by atoms with Gasteiger partial charge in [-0.15, -0.1) is 12.3 Å². The number of carbonyl (C=O) groups is 2. The highest BCUT2D eigenvalue weighted by Gasteiger charge is 2.12. The molecule has 1 unspecified atom stereocenters. The minimum Gasteiger partial charge on any atom is -0.351 e. The molecule has 0 fully saturated rings. The normalized spacial score (nSPS) is 11.1. The van der Waals surface area contributed by atoms with Crippen molar-refractivity contribution in [2.24, 2.45) is 11.5 Å². The average Bonchev–Trinajstić information content (AvgIpc) is 2.28. The molecule has 0 aliphatic carbocycles. The van der Waals surface area contributed by atoms with Crippen molar-refractivity contribution < 1.29 is 9.59 Å².